The number of halogens is 1. The lowest BCUT2D eigenvalue weighted by atomic mass is 10.1. The Labute approximate surface area is 150 Å². The van der Waals surface area contributed by atoms with Crippen LogP contribution in [0.15, 0.2) is 51.8 Å². The summed E-state index contributed by atoms with van der Waals surface area (Å²) in [6, 6.07) is 11.8. The second-order valence-electron chi connectivity index (χ2n) is 5.31. The van der Waals surface area contributed by atoms with Crippen molar-refractivity contribution in [3.63, 3.8) is 0 Å². The molecule has 0 bridgehead atoms. The van der Waals surface area contributed by atoms with Gasteiger partial charge in [-0.1, -0.05) is 6.07 Å². The molecule has 0 unspecified atom stereocenters. The monoisotopic (exact) mass is 411 g/mol. The third kappa shape index (κ3) is 5.07. The van der Waals surface area contributed by atoms with E-state index in [0.717, 1.165) is 22.0 Å². The van der Waals surface area contributed by atoms with Gasteiger partial charge >= 0.3 is 0 Å². The molecule has 0 saturated carbocycles. The summed E-state index contributed by atoms with van der Waals surface area (Å²) in [6.07, 6.45) is 2.07. The van der Waals surface area contributed by atoms with E-state index in [2.05, 4.69) is 21.2 Å². The molecule has 2 rings (SSSR count). The van der Waals surface area contributed by atoms with Crippen LogP contribution in [0.5, 0.6) is 5.75 Å². The van der Waals surface area contributed by atoms with E-state index in [1.165, 1.54) is 12.1 Å². The number of methoxy groups -OCH3 is 1. The van der Waals surface area contributed by atoms with Gasteiger partial charge in [0.25, 0.3) is 0 Å². The lowest BCUT2D eigenvalue weighted by Gasteiger charge is -2.08. The van der Waals surface area contributed by atoms with Crippen LogP contribution < -0.4 is 10.1 Å². The molecule has 0 aromatic heterocycles. The van der Waals surface area contributed by atoms with Crippen molar-refractivity contribution < 1.29 is 17.9 Å². The van der Waals surface area contributed by atoms with Crippen LogP contribution in [0.1, 0.15) is 12.0 Å². The number of amides is 1. The van der Waals surface area contributed by atoms with E-state index in [9.17, 15) is 13.2 Å². The normalized spacial score (nSPS) is 11.1. The molecule has 5 nitrogen and oxygen atoms in total. The molecule has 1 amide bonds. The van der Waals surface area contributed by atoms with Crippen LogP contribution >= 0.6 is 15.9 Å². The fraction of sp³-hybridized carbons (Fsp3) is 0.235. The molecule has 0 saturated heterocycles. The third-order valence-corrected chi connectivity index (χ3v) is 5.17. The first-order valence-corrected chi connectivity index (χ1v) is 9.90. The van der Waals surface area contributed by atoms with Crippen molar-refractivity contribution in [1.82, 2.24) is 0 Å². The third-order valence-electron chi connectivity index (χ3n) is 3.42. The zero-order valence-corrected chi connectivity index (χ0v) is 15.8. The Kier molecular flexibility index (Phi) is 6.01. The quantitative estimate of drug-likeness (QED) is 0.789. The maximum atomic E-state index is 12.0. The van der Waals surface area contributed by atoms with Crippen LogP contribution in [0.2, 0.25) is 0 Å². The number of anilines is 1. The molecule has 2 aromatic carbocycles. The summed E-state index contributed by atoms with van der Waals surface area (Å²) in [4.78, 5) is 12.2. The molecule has 0 spiro atoms. The highest BCUT2D eigenvalue weighted by Gasteiger charge is 2.08. The second-order valence-corrected chi connectivity index (χ2v) is 8.18. The highest BCUT2D eigenvalue weighted by Crippen LogP contribution is 2.26. The Morgan fingerprint density at radius 1 is 1.17 bits per heavy atom. The Morgan fingerprint density at radius 3 is 2.38 bits per heavy atom. The minimum atomic E-state index is -3.23. The minimum absolute atomic E-state index is 0.131. The fourth-order valence-electron chi connectivity index (χ4n) is 2.13. The molecular weight excluding hydrogens is 394 g/mol. The van der Waals surface area contributed by atoms with Gasteiger partial charge in [-0.3, -0.25) is 4.79 Å². The molecule has 0 fully saturated rings. The molecule has 2 aromatic rings. The van der Waals surface area contributed by atoms with Crippen molar-refractivity contribution in [3.8, 4) is 5.75 Å². The summed E-state index contributed by atoms with van der Waals surface area (Å²) in [5.74, 6) is 0.614. The maximum Gasteiger partial charge on any atom is 0.224 e. The summed E-state index contributed by atoms with van der Waals surface area (Å²) < 4.78 is 28.8. The van der Waals surface area contributed by atoms with Gasteiger partial charge in [-0.25, -0.2) is 8.42 Å². The fourth-order valence-corrected chi connectivity index (χ4v) is 3.35. The molecule has 0 aliphatic rings. The number of nitrogens with one attached hydrogen (secondary N) is 1. The molecular formula is C17H18BrNO4S. The lowest BCUT2D eigenvalue weighted by molar-refractivity contribution is -0.116. The van der Waals surface area contributed by atoms with E-state index in [1.54, 1.807) is 19.2 Å². The molecule has 0 aliphatic carbocycles. The van der Waals surface area contributed by atoms with Crippen molar-refractivity contribution >= 4 is 37.4 Å². The smallest absolute Gasteiger partial charge is 0.224 e. The van der Waals surface area contributed by atoms with Crippen molar-refractivity contribution in [2.75, 3.05) is 18.7 Å². The molecule has 1 N–H and O–H groups in total. The summed E-state index contributed by atoms with van der Waals surface area (Å²) >= 11 is 3.42. The van der Waals surface area contributed by atoms with Gasteiger partial charge in [0.05, 0.1) is 16.5 Å². The van der Waals surface area contributed by atoms with Gasteiger partial charge in [-0.15, -0.1) is 0 Å². The SMILES string of the molecule is COc1ccc(CCC(=O)Nc2ccc(S(C)(=O)=O)cc2)cc1Br. The molecule has 0 aliphatic heterocycles. The van der Waals surface area contributed by atoms with Crippen molar-refractivity contribution in [1.29, 1.82) is 0 Å². The van der Waals surface area contributed by atoms with Gasteiger partial charge in [0, 0.05) is 18.4 Å². The molecule has 0 heterocycles. The van der Waals surface area contributed by atoms with Crippen LogP contribution in [0.25, 0.3) is 0 Å². The largest absolute Gasteiger partial charge is 0.496 e. The predicted molar refractivity (Wildman–Crippen MR) is 97.2 cm³/mol. The van der Waals surface area contributed by atoms with E-state index in [0.29, 0.717) is 18.5 Å². The van der Waals surface area contributed by atoms with Crippen LogP contribution in [-0.4, -0.2) is 27.7 Å². The van der Waals surface area contributed by atoms with Gasteiger partial charge in [-0.2, -0.15) is 0 Å². The number of rotatable bonds is 6. The highest BCUT2D eigenvalue weighted by molar-refractivity contribution is 9.10. The first-order valence-electron chi connectivity index (χ1n) is 7.22. The number of aryl methyl sites for hydroxylation is 1. The molecule has 0 atom stereocenters. The number of sulfone groups is 1. The summed E-state index contributed by atoms with van der Waals surface area (Å²) in [6.45, 7) is 0. The Bertz CT molecular complexity index is 832. The second kappa shape index (κ2) is 7.81. The number of hydrogen-bond donors (Lipinski definition) is 1. The predicted octanol–water partition coefficient (Wildman–Crippen LogP) is 3.43. The highest BCUT2D eigenvalue weighted by atomic mass is 79.9. The van der Waals surface area contributed by atoms with Crippen LogP contribution in [-0.2, 0) is 21.1 Å². The molecule has 7 heteroatoms. The van der Waals surface area contributed by atoms with Crippen molar-refractivity contribution in [2.24, 2.45) is 0 Å². The van der Waals surface area contributed by atoms with E-state index in [-0.39, 0.29) is 10.8 Å². The van der Waals surface area contributed by atoms with Gasteiger partial charge in [0.2, 0.25) is 5.91 Å². The Balaban J connectivity index is 1.92. The zero-order valence-electron chi connectivity index (χ0n) is 13.4. The number of hydrogen-bond acceptors (Lipinski definition) is 4. The van der Waals surface area contributed by atoms with Crippen molar-refractivity contribution in [2.45, 2.75) is 17.7 Å². The van der Waals surface area contributed by atoms with E-state index >= 15 is 0 Å². The van der Waals surface area contributed by atoms with Crippen LogP contribution in [0.4, 0.5) is 5.69 Å². The topological polar surface area (TPSA) is 72.5 Å². The lowest BCUT2D eigenvalue weighted by Crippen LogP contribution is -2.12. The summed E-state index contributed by atoms with van der Waals surface area (Å²) in [5, 5.41) is 2.76. The number of carbonyl (C=O) groups excluding carboxylic acids is 1. The average molecular weight is 412 g/mol. The van der Waals surface area contributed by atoms with E-state index in [1.807, 2.05) is 18.2 Å². The molecule has 128 valence electrons. The maximum absolute atomic E-state index is 12.0. The molecule has 24 heavy (non-hydrogen) atoms. The number of ether oxygens (including phenoxy) is 1. The van der Waals surface area contributed by atoms with Gasteiger partial charge in [0.1, 0.15) is 5.75 Å². The standard InChI is InChI=1S/C17H18BrNO4S/c1-23-16-9-3-12(11-15(16)18)4-10-17(20)19-13-5-7-14(8-6-13)24(2,21)22/h3,5-9,11H,4,10H2,1-2H3,(H,19,20). The van der Waals surface area contributed by atoms with E-state index in [4.69, 9.17) is 4.74 Å². The summed E-state index contributed by atoms with van der Waals surface area (Å²) in [5.41, 5.74) is 1.59. The van der Waals surface area contributed by atoms with Crippen LogP contribution in [0, 0.1) is 0 Å². The zero-order chi connectivity index (χ0) is 17.7. The number of benzene rings is 2. The van der Waals surface area contributed by atoms with Crippen molar-refractivity contribution in [3.05, 3.63) is 52.5 Å². The Hall–Kier alpha value is -1.86. The average Bonchev–Trinajstić information content (AvgIpc) is 2.53. The van der Waals surface area contributed by atoms with Gasteiger partial charge < -0.3 is 10.1 Å². The number of carbonyl (C=O) groups is 1. The van der Waals surface area contributed by atoms with Gasteiger partial charge in [-0.05, 0) is 64.3 Å². The Morgan fingerprint density at radius 2 is 1.83 bits per heavy atom. The minimum Gasteiger partial charge on any atom is -0.496 e. The van der Waals surface area contributed by atoms with Gasteiger partial charge in [0.15, 0.2) is 9.84 Å². The summed E-state index contributed by atoms with van der Waals surface area (Å²) in [7, 11) is -1.63. The van der Waals surface area contributed by atoms with Crippen LogP contribution in [0.3, 0.4) is 0 Å². The molecule has 0 radical (unpaired) electrons. The first kappa shape index (κ1) is 18.5. The first-order chi connectivity index (χ1) is 11.3. The van der Waals surface area contributed by atoms with E-state index < -0.39 is 9.84 Å².